The minimum absolute atomic E-state index is 0.377. The van der Waals surface area contributed by atoms with Gasteiger partial charge in [0.15, 0.2) is 0 Å². The summed E-state index contributed by atoms with van der Waals surface area (Å²) < 4.78 is 0. The summed E-state index contributed by atoms with van der Waals surface area (Å²) in [6.07, 6.45) is 2.69. The predicted molar refractivity (Wildman–Crippen MR) is 99.6 cm³/mol. The number of phenols is 1. The molecule has 0 radical (unpaired) electrons. The first-order chi connectivity index (χ1) is 12.3. The fourth-order valence-corrected chi connectivity index (χ4v) is 5.61. The standard InChI is InChI=1S/C22H26N2O/c25-19-8-4-5-16(13-19)14-24-15-20(17-6-2-1-3-7-17)22-21(24)18-9-11-23(22)12-10-18/h1-8,13,18,20-22,25H,9-12,14-15H2/t20-,21+,22+/m1/s1. The van der Waals surface area contributed by atoms with E-state index in [1.807, 2.05) is 12.1 Å². The van der Waals surface area contributed by atoms with Gasteiger partial charge in [-0.15, -0.1) is 0 Å². The maximum Gasteiger partial charge on any atom is 0.115 e. The fourth-order valence-electron chi connectivity index (χ4n) is 5.61. The molecule has 0 amide bonds. The number of hydrogen-bond acceptors (Lipinski definition) is 3. The van der Waals surface area contributed by atoms with Crippen LogP contribution >= 0.6 is 0 Å². The maximum atomic E-state index is 9.83. The molecule has 4 saturated heterocycles. The van der Waals surface area contributed by atoms with Gasteiger partial charge in [-0.25, -0.2) is 0 Å². The highest BCUT2D eigenvalue weighted by Gasteiger charge is 2.52. The molecule has 2 aromatic carbocycles. The first-order valence-electron chi connectivity index (χ1n) is 9.60. The van der Waals surface area contributed by atoms with Crippen molar-refractivity contribution in [3.8, 4) is 5.75 Å². The van der Waals surface area contributed by atoms with Crippen LogP contribution in [-0.2, 0) is 6.54 Å². The van der Waals surface area contributed by atoms with Crippen LogP contribution in [0.15, 0.2) is 54.6 Å². The van der Waals surface area contributed by atoms with Gasteiger partial charge in [-0.2, -0.15) is 0 Å². The van der Waals surface area contributed by atoms with E-state index in [-0.39, 0.29) is 0 Å². The molecule has 3 nitrogen and oxygen atoms in total. The van der Waals surface area contributed by atoms with Crippen molar-refractivity contribution in [3.63, 3.8) is 0 Å². The van der Waals surface area contributed by atoms with Crippen LogP contribution < -0.4 is 0 Å². The van der Waals surface area contributed by atoms with Crippen molar-refractivity contribution in [3.05, 3.63) is 65.7 Å². The van der Waals surface area contributed by atoms with E-state index >= 15 is 0 Å². The fraction of sp³-hybridized carbons (Fsp3) is 0.455. The third-order valence-corrected chi connectivity index (χ3v) is 6.62. The van der Waals surface area contributed by atoms with Gasteiger partial charge in [0.1, 0.15) is 5.75 Å². The summed E-state index contributed by atoms with van der Waals surface area (Å²) in [5.74, 6) is 1.81. The summed E-state index contributed by atoms with van der Waals surface area (Å²) in [6.45, 7) is 4.62. The molecule has 0 aliphatic carbocycles. The van der Waals surface area contributed by atoms with Crippen LogP contribution in [0.25, 0.3) is 0 Å². The molecule has 0 aromatic heterocycles. The third kappa shape index (κ3) is 2.66. The Kier molecular flexibility index (Phi) is 3.79. The number of likely N-dealkylation sites (tertiary alicyclic amines) is 1. The molecule has 0 spiro atoms. The molecule has 2 bridgehead atoms. The second-order valence-electron chi connectivity index (χ2n) is 7.97. The maximum absolute atomic E-state index is 9.83. The second kappa shape index (κ2) is 6.15. The minimum atomic E-state index is 0.377. The zero-order valence-electron chi connectivity index (χ0n) is 14.6. The Morgan fingerprint density at radius 1 is 0.920 bits per heavy atom. The van der Waals surface area contributed by atoms with Crippen molar-refractivity contribution in [2.24, 2.45) is 5.92 Å². The summed E-state index contributed by atoms with van der Waals surface area (Å²) in [5, 5.41) is 9.83. The van der Waals surface area contributed by atoms with Gasteiger partial charge >= 0.3 is 0 Å². The van der Waals surface area contributed by atoms with Crippen LogP contribution in [-0.4, -0.2) is 46.6 Å². The summed E-state index contributed by atoms with van der Waals surface area (Å²) in [4.78, 5) is 5.46. The zero-order valence-corrected chi connectivity index (χ0v) is 14.6. The number of benzene rings is 2. The summed E-state index contributed by atoms with van der Waals surface area (Å²) in [5.41, 5.74) is 2.72. The number of phenolic OH excluding ortho intramolecular Hbond substituents is 1. The lowest BCUT2D eigenvalue weighted by Crippen LogP contribution is -2.59. The first-order valence-corrected chi connectivity index (χ1v) is 9.60. The lowest BCUT2D eigenvalue weighted by molar-refractivity contribution is -0.00870. The first kappa shape index (κ1) is 15.4. The van der Waals surface area contributed by atoms with Gasteiger partial charge in [0.2, 0.25) is 0 Å². The molecule has 4 aliphatic rings. The van der Waals surface area contributed by atoms with Gasteiger partial charge in [-0.05, 0) is 55.1 Å². The van der Waals surface area contributed by atoms with Crippen molar-refractivity contribution >= 4 is 0 Å². The molecule has 2 aromatic rings. The average molecular weight is 334 g/mol. The number of hydrogen-bond donors (Lipinski definition) is 1. The Morgan fingerprint density at radius 3 is 2.48 bits per heavy atom. The van der Waals surface area contributed by atoms with Gasteiger partial charge in [-0.3, -0.25) is 9.80 Å². The van der Waals surface area contributed by atoms with E-state index in [9.17, 15) is 5.11 Å². The van der Waals surface area contributed by atoms with Crippen LogP contribution in [0.2, 0.25) is 0 Å². The van der Waals surface area contributed by atoms with Gasteiger partial charge in [0.05, 0.1) is 0 Å². The lowest BCUT2D eigenvalue weighted by Gasteiger charge is -2.51. The SMILES string of the molecule is Oc1cccc(CN2C[C@H](c3ccccc3)[C@H]3[C@@H]2C2CCN3CC2)c1. The normalized spacial score (nSPS) is 34.2. The van der Waals surface area contributed by atoms with Crippen molar-refractivity contribution in [1.29, 1.82) is 0 Å². The second-order valence-corrected chi connectivity index (χ2v) is 7.97. The molecule has 4 heterocycles. The van der Waals surface area contributed by atoms with Crippen LogP contribution in [0, 0.1) is 5.92 Å². The molecule has 6 rings (SSSR count). The molecular formula is C22H26N2O. The van der Waals surface area contributed by atoms with Gasteiger partial charge < -0.3 is 5.11 Å². The highest BCUT2D eigenvalue weighted by molar-refractivity contribution is 5.30. The quantitative estimate of drug-likeness (QED) is 0.931. The van der Waals surface area contributed by atoms with Crippen LogP contribution in [0.4, 0.5) is 0 Å². The van der Waals surface area contributed by atoms with Crippen molar-refractivity contribution in [2.45, 2.75) is 37.4 Å². The highest BCUT2D eigenvalue weighted by atomic mass is 16.3. The Hall–Kier alpha value is -1.84. The predicted octanol–water partition coefficient (Wildman–Crippen LogP) is 3.45. The van der Waals surface area contributed by atoms with Crippen LogP contribution in [0.1, 0.15) is 29.9 Å². The smallest absolute Gasteiger partial charge is 0.115 e. The van der Waals surface area contributed by atoms with Crippen molar-refractivity contribution in [2.75, 3.05) is 19.6 Å². The Morgan fingerprint density at radius 2 is 1.72 bits per heavy atom. The topological polar surface area (TPSA) is 26.7 Å². The van der Waals surface area contributed by atoms with E-state index in [1.165, 1.54) is 37.1 Å². The lowest BCUT2D eigenvalue weighted by atomic mass is 9.75. The molecule has 3 heteroatoms. The molecule has 3 atom stereocenters. The molecule has 4 aliphatic heterocycles. The minimum Gasteiger partial charge on any atom is -0.508 e. The molecule has 130 valence electrons. The van der Waals surface area contributed by atoms with Crippen molar-refractivity contribution < 1.29 is 5.11 Å². The molecule has 4 fully saturated rings. The van der Waals surface area contributed by atoms with Crippen molar-refractivity contribution in [1.82, 2.24) is 9.80 Å². The number of piperidine rings is 3. The number of nitrogens with zero attached hydrogens (tertiary/aromatic N) is 2. The Balaban J connectivity index is 1.47. The Bertz CT molecular complexity index is 739. The zero-order chi connectivity index (χ0) is 16.8. The van der Waals surface area contributed by atoms with Crippen LogP contribution in [0.5, 0.6) is 5.75 Å². The molecule has 0 saturated carbocycles. The highest BCUT2D eigenvalue weighted by Crippen LogP contribution is 2.46. The van der Waals surface area contributed by atoms with Gasteiger partial charge in [0.25, 0.3) is 0 Å². The Labute approximate surface area is 149 Å². The summed E-state index contributed by atoms with van der Waals surface area (Å²) >= 11 is 0. The van der Waals surface area contributed by atoms with E-state index in [2.05, 4.69) is 46.2 Å². The van der Waals surface area contributed by atoms with Gasteiger partial charge in [-0.1, -0.05) is 42.5 Å². The largest absolute Gasteiger partial charge is 0.508 e. The van der Waals surface area contributed by atoms with Gasteiger partial charge in [0, 0.05) is 31.1 Å². The van der Waals surface area contributed by atoms with E-state index in [0.29, 0.717) is 23.8 Å². The summed E-state index contributed by atoms with van der Waals surface area (Å²) in [6, 6.07) is 20.2. The van der Waals surface area contributed by atoms with Crippen LogP contribution in [0.3, 0.4) is 0 Å². The monoisotopic (exact) mass is 334 g/mol. The molecule has 1 N–H and O–H groups in total. The summed E-state index contributed by atoms with van der Waals surface area (Å²) in [7, 11) is 0. The number of aromatic hydroxyl groups is 1. The molecular weight excluding hydrogens is 308 g/mol. The molecule has 25 heavy (non-hydrogen) atoms. The van der Waals surface area contributed by atoms with E-state index in [1.54, 1.807) is 6.07 Å². The van der Waals surface area contributed by atoms with E-state index in [0.717, 1.165) is 19.0 Å². The average Bonchev–Trinajstić information content (AvgIpc) is 3.05. The molecule has 0 unspecified atom stereocenters. The third-order valence-electron chi connectivity index (χ3n) is 6.62. The number of fused-ring (bicyclic) bond motifs is 2. The number of rotatable bonds is 3. The van der Waals surface area contributed by atoms with E-state index in [4.69, 9.17) is 0 Å². The van der Waals surface area contributed by atoms with E-state index < -0.39 is 0 Å².